The van der Waals surface area contributed by atoms with Gasteiger partial charge >= 0.3 is 11.9 Å². The zero-order valence-corrected chi connectivity index (χ0v) is 24.8. The van der Waals surface area contributed by atoms with Gasteiger partial charge in [0.1, 0.15) is 11.7 Å². The number of aromatic nitrogens is 3. The number of benzene rings is 1. The number of hydrogen-bond donors (Lipinski definition) is 1. The number of pyridine rings is 3. The van der Waals surface area contributed by atoms with Crippen molar-refractivity contribution in [2.75, 3.05) is 13.1 Å². The van der Waals surface area contributed by atoms with Gasteiger partial charge in [0, 0.05) is 35.0 Å². The maximum absolute atomic E-state index is 12.9. The lowest BCUT2D eigenvalue weighted by molar-refractivity contribution is -0.0232. The van der Waals surface area contributed by atoms with Gasteiger partial charge in [0.2, 0.25) is 15.7 Å². The molecule has 1 aliphatic heterocycles. The Morgan fingerprint density at radius 2 is 1.82 bits per heavy atom. The van der Waals surface area contributed by atoms with Crippen LogP contribution in [0, 0.1) is 0 Å². The monoisotopic (exact) mass is 625 g/mol. The van der Waals surface area contributed by atoms with Crippen molar-refractivity contribution >= 4 is 32.7 Å². The Hall–Kier alpha value is -4.72. The number of nitrogens with zero attached hydrogens (tertiary/aromatic N) is 4. The average molecular weight is 626 g/mol. The summed E-state index contributed by atoms with van der Waals surface area (Å²) in [5.41, 5.74) is 1.85. The summed E-state index contributed by atoms with van der Waals surface area (Å²) in [5, 5.41) is 3.38. The van der Waals surface area contributed by atoms with Gasteiger partial charge in [-0.15, -0.1) is 0 Å². The first-order valence-corrected chi connectivity index (χ1v) is 15.1. The number of fused-ring (bicyclic) bond motifs is 1. The second-order valence-electron chi connectivity index (χ2n) is 11.1. The lowest BCUT2D eigenvalue weighted by atomic mass is 10.1. The standard InChI is InChI=1S/C30H29F2N5O6S/c1-30(2,3)43-29(39)37-16-22(17-37)42-26-10-8-19(14-34-26)24-9-7-20-13-33-21(12-25(20)36-24)15-35-27(38)18-5-4-6-23(11-18)44(40,41)28(31)32/h4-14,22,28H,15-17H2,1-3H3,(H,35,38). The summed E-state index contributed by atoms with van der Waals surface area (Å²) in [6, 6.07) is 13.4. The van der Waals surface area contributed by atoms with Crippen molar-refractivity contribution in [3.8, 4) is 17.1 Å². The molecule has 11 nitrogen and oxygen atoms in total. The van der Waals surface area contributed by atoms with Crippen LogP contribution in [0.15, 0.2) is 71.9 Å². The van der Waals surface area contributed by atoms with E-state index in [1.165, 1.54) is 12.1 Å². The quantitative estimate of drug-likeness (QED) is 0.297. The fourth-order valence-corrected chi connectivity index (χ4v) is 5.03. The Balaban J connectivity index is 1.20. The molecule has 0 unspecified atom stereocenters. The Kier molecular flexibility index (Phi) is 8.46. The van der Waals surface area contributed by atoms with E-state index in [-0.39, 0.29) is 24.3 Å². The van der Waals surface area contributed by atoms with E-state index in [9.17, 15) is 26.8 Å². The van der Waals surface area contributed by atoms with Crippen LogP contribution in [0.5, 0.6) is 5.88 Å². The molecule has 3 aromatic heterocycles. The van der Waals surface area contributed by atoms with E-state index in [0.29, 0.717) is 35.9 Å². The van der Waals surface area contributed by atoms with Crippen LogP contribution in [0.4, 0.5) is 13.6 Å². The molecule has 230 valence electrons. The van der Waals surface area contributed by atoms with Crippen molar-refractivity contribution in [1.82, 2.24) is 25.2 Å². The highest BCUT2D eigenvalue weighted by molar-refractivity contribution is 7.91. The van der Waals surface area contributed by atoms with Crippen molar-refractivity contribution < 1.29 is 36.3 Å². The molecule has 0 bridgehead atoms. The number of carbonyl (C=O) groups excluding carboxylic acids is 2. The molecule has 5 rings (SSSR count). The van der Waals surface area contributed by atoms with Crippen LogP contribution in [0.25, 0.3) is 22.2 Å². The van der Waals surface area contributed by atoms with Gasteiger partial charge in [-0.1, -0.05) is 6.07 Å². The number of alkyl halides is 2. The summed E-state index contributed by atoms with van der Waals surface area (Å²) in [5.74, 6) is -3.82. The molecule has 1 aromatic carbocycles. The highest BCUT2D eigenvalue weighted by Crippen LogP contribution is 2.24. The van der Waals surface area contributed by atoms with Crippen LogP contribution in [0.1, 0.15) is 36.8 Å². The minimum absolute atomic E-state index is 0.00732. The van der Waals surface area contributed by atoms with E-state index >= 15 is 0 Å². The summed E-state index contributed by atoms with van der Waals surface area (Å²) in [6.07, 6.45) is 2.69. The molecule has 1 saturated heterocycles. The van der Waals surface area contributed by atoms with Crippen molar-refractivity contribution in [2.45, 2.75) is 49.7 Å². The van der Waals surface area contributed by atoms with Gasteiger partial charge in [-0.3, -0.25) is 9.78 Å². The summed E-state index contributed by atoms with van der Waals surface area (Å²) in [6.45, 7) is 6.26. The minimum Gasteiger partial charge on any atom is -0.471 e. The van der Waals surface area contributed by atoms with E-state index in [1.54, 1.807) is 29.4 Å². The molecule has 4 aromatic rings. The smallest absolute Gasteiger partial charge is 0.410 e. The molecule has 14 heteroatoms. The van der Waals surface area contributed by atoms with E-state index in [4.69, 9.17) is 14.5 Å². The van der Waals surface area contributed by atoms with Gasteiger partial charge in [-0.2, -0.15) is 8.78 Å². The molecule has 0 saturated carbocycles. The lowest BCUT2D eigenvalue weighted by Gasteiger charge is -2.39. The predicted octanol–water partition coefficient (Wildman–Crippen LogP) is 4.62. The van der Waals surface area contributed by atoms with E-state index in [2.05, 4.69) is 15.3 Å². The Bertz CT molecular complexity index is 1810. The average Bonchev–Trinajstić information content (AvgIpc) is 2.96. The summed E-state index contributed by atoms with van der Waals surface area (Å²) in [7, 11) is -4.83. The lowest BCUT2D eigenvalue weighted by Crippen LogP contribution is -2.57. The van der Waals surface area contributed by atoms with Crippen LogP contribution in [0.2, 0.25) is 0 Å². The largest absolute Gasteiger partial charge is 0.471 e. The first-order chi connectivity index (χ1) is 20.8. The number of rotatable bonds is 8. The second kappa shape index (κ2) is 12.1. The number of nitrogens with one attached hydrogen (secondary N) is 1. The van der Waals surface area contributed by atoms with Crippen molar-refractivity contribution in [3.63, 3.8) is 0 Å². The first-order valence-electron chi connectivity index (χ1n) is 13.6. The molecular formula is C30H29F2N5O6S. The van der Waals surface area contributed by atoms with Crippen LogP contribution < -0.4 is 10.1 Å². The predicted molar refractivity (Wildman–Crippen MR) is 156 cm³/mol. The number of carbonyl (C=O) groups is 2. The third-order valence-corrected chi connectivity index (χ3v) is 7.92. The topological polar surface area (TPSA) is 141 Å². The van der Waals surface area contributed by atoms with Gasteiger partial charge in [-0.25, -0.2) is 23.2 Å². The van der Waals surface area contributed by atoms with Gasteiger partial charge < -0.3 is 19.7 Å². The Morgan fingerprint density at radius 3 is 2.50 bits per heavy atom. The van der Waals surface area contributed by atoms with Crippen LogP contribution in [0.3, 0.4) is 0 Å². The first kappa shape index (κ1) is 30.7. The highest BCUT2D eigenvalue weighted by Gasteiger charge is 2.35. The third kappa shape index (κ3) is 7.08. The van der Waals surface area contributed by atoms with E-state index in [0.717, 1.165) is 23.1 Å². The molecule has 0 spiro atoms. The van der Waals surface area contributed by atoms with Crippen LogP contribution >= 0.6 is 0 Å². The van der Waals surface area contributed by atoms with Gasteiger partial charge in [0.05, 0.1) is 41.4 Å². The van der Waals surface area contributed by atoms with Gasteiger partial charge in [-0.05, 0) is 63.2 Å². The van der Waals surface area contributed by atoms with Crippen molar-refractivity contribution in [3.05, 3.63) is 78.2 Å². The molecule has 0 atom stereocenters. The third-order valence-electron chi connectivity index (χ3n) is 6.54. The van der Waals surface area contributed by atoms with Crippen LogP contribution in [-0.2, 0) is 21.1 Å². The SMILES string of the molecule is CC(C)(C)OC(=O)N1CC(Oc2ccc(-c3ccc4cnc(CNC(=O)c5cccc(S(=O)(=O)C(F)F)c5)cc4n3)cn2)C1. The number of ether oxygens (including phenoxy) is 2. The molecule has 1 fully saturated rings. The number of halogens is 2. The summed E-state index contributed by atoms with van der Waals surface area (Å²) >= 11 is 0. The van der Waals surface area contributed by atoms with E-state index in [1.807, 2.05) is 39.0 Å². The van der Waals surface area contributed by atoms with Crippen LogP contribution in [-0.4, -0.2) is 70.8 Å². The second-order valence-corrected chi connectivity index (χ2v) is 13.0. The normalized spacial score (nSPS) is 13.9. The molecular weight excluding hydrogens is 596 g/mol. The minimum atomic E-state index is -4.83. The molecule has 1 aliphatic rings. The summed E-state index contributed by atoms with van der Waals surface area (Å²) in [4.78, 5) is 39.0. The molecule has 0 radical (unpaired) electrons. The molecule has 0 aliphatic carbocycles. The van der Waals surface area contributed by atoms with E-state index < -0.39 is 32.0 Å². The van der Waals surface area contributed by atoms with Gasteiger partial charge in [0.25, 0.3) is 5.91 Å². The Labute approximate surface area is 252 Å². The molecule has 4 heterocycles. The summed E-state index contributed by atoms with van der Waals surface area (Å²) < 4.78 is 60.5. The molecule has 44 heavy (non-hydrogen) atoms. The van der Waals surface area contributed by atoms with Gasteiger partial charge in [0.15, 0.2) is 0 Å². The zero-order valence-electron chi connectivity index (χ0n) is 24.0. The maximum Gasteiger partial charge on any atom is 0.410 e. The van der Waals surface area contributed by atoms with Crippen molar-refractivity contribution in [1.29, 1.82) is 0 Å². The fraction of sp³-hybridized carbons (Fsp3) is 0.300. The Morgan fingerprint density at radius 1 is 1.05 bits per heavy atom. The molecule has 2 amide bonds. The number of hydrogen-bond acceptors (Lipinski definition) is 9. The number of amides is 2. The zero-order chi connectivity index (χ0) is 31.6. The number of sulfone groups is 1. The maximum atomic E-state index is 12.9. The number of likely N-dealkylation sites (tertiary alicyclic amines) is 1. The molecule has 1 N–H and O–H groups in total. The fourth-order valence-electron chi connectivity index (χ4n) is 4.27. The highest BCUT2D eigenvalue weighted by atomic mass is 32.2. The van der Waals surface area contributed by atoms with Crippen molar-refractivity contribution in [2.24, 2.45) is 0 Å².